The number of rotatable bonds is 2. The summed E-state index contributed by atoms with van der Waals surface area (Å²) in [6, 6.07) is 0. The van der Waals surface area contributed by atoms with E-state index in [0.29, 0.717) is 19.6 Å². The molecule has 0 bridgehead atoms. The maximum atomic E-state index is 13.4. The van der Waals surface area contributed by atoms with E-state index >= 15 is 0 Å². The quantitative estimate of drug-likeness (QED) is 0.655. The van der Waals surface area contributed by atoms with Gasteiger partial charge < -0.3 is 10.1 Å². The van der Waals surface area contributed by atoms with Gasteiger partial charge in [0.05, 0.1) is 12.0 Å². The molecule has 1 saturated heterocycles. The van der Waals surface area contributed by atoms with Crippen molar-refractivity contribution in [1.82, 2.24) is 5.32 Å². The topological polar surface area (TPSA) is 38.3 Å². The van der Waals surface area contributed by atoms with Crippen LogP contribution >= 0.6 is 0 Å². The van der Waals surface area contributed by atoms with Gasteiger partial charge in [0.25, 0.3) is 0 Å². The minimum absolute atomic E-state index is 0.245. The van der Waals surface area contributed by atoms with Crippen molar-refractivity contribution in [3.05, 3.63) is 0 Å². The number of ether oxygens (including phenoxy) is 1. The first-order valence-electron chi connectivity index (χ1n) is 4.63. The van der Waals surface area contributed by atoms with Gasteiger partial charge in [-0.05, 0) is 26.8 Å². The van der Waals surface area contributed by atoms with Gasteiger partial charge in [0.15, 0.2) is 0 Å². The molecular weight excluding hydrogens is 173 g/mol. The van der Waals surface area contributed by atoms with Gasteiger partial charge >= 0.3 is 5.97 Å². The lowest BCUT2D eigenvalue weighted by Crippen LogP contribution is -2.50. The van der Waals surface area contributed by atoms with Crippen molar-refractivity contribution in [3.63, 3.8) is 0 Å². The van der Waals surface area contributed by atoms with Gasteiger partial charge in [0.1, 0.15) is 6.17 Å². The van der Waals surface area contributed by atoms with Crippen molar-refractivity contribution in [3.8, 4) is 0 Å². The minimum atomic E-state index is -1.14. The fourth-order valence-electron chi connectivity index (χ4n) is 1.48. The van der Waals surface area contributed by atoms with Crippen LogP contribution in [0.1, 0.15) is 20.3 Å². The Bertz CT molecular complexity index is 198. The number of hydrogen-bond acceptors (Lipinski definition) is 3. The van der Waals surface area contributed by atoms with Gasteiger partial charge in [-0.1, -0.05) is 0 Å². The number of alkyl halides is 1. The summed E-state index contributed by atoms with van der Waals surface area (Å²) in [6.45, 7) is 4.60. The van der Waals surface area contributed by atoms with Crippen molar-refractivity contribution in [2.45, 2.75) is 26.4 Å². The third-order valence-electron chi connectivity index (χ3n) is 2.58. The van der Waals surface area contributed by atoms with Gasteiger partial charge in [0.2, 0.25) is 0 Å². The molecule has 1 rings (SSSR count). The van der Waals surface area contributed by atoms with E-state index in [1.54, 1.807) is 13.8 Å². The van der Waals surface area contributed by atoms with Crippen LogP contribution in [0.15, 0.2) is 0 Å². The van der Waals surface area contributed by atoms with Crippen LogP contribution in [0.4, 0.5) is 4.39 Å². The second kappa shape index (κ2) is 4.05. The number of hydrogen-bond donors (Lipinski definition) is 1. The average Bonchev–Trinajstić information content (AvgIpc) is 2.11. The molecule has 76 valence electrons. The Kier molecular flexibility index (Phi) is 3.25. The molecule has 0 aromatic carbocycles. The summed E-state index contributed by atoms with van der Waals surface area (Å²) in [6.07, 6.45) is -0.632. The van der Waals surface area contributed by atoms with Crippen LogP contribution in [0.3, 0.4) is 0 Å². The Balaban J connectivity index is 2.65. The van der Waals surface area contributed by atoms with Crippen LogP contribution in [0.2, 0.25) is 0 Å². The highest BCUT2D eigenvalue weighted by Crippen LogP contribution is 2.31. The maximum Gasteiger partial charge on any atom is 0.314 e. The Morgan fingerprint density at radius 1 is 1.77 bits per heavy atom. The predicted molar refractivity (Wildman–Crippen MR) is 47.1 cm³/mol. The standard InChI is InChI=1S/C9H16FNO2/c1-3-13-8(12)9(2)4-5-11-6-7(9)10/h7,11H,3-6H2,1-2H3/t7-,9?/m1/s1. The van der Waals surface area contributed by atoms with Crippen molar-refractivity contribution in [1.29, 1.82) is 0 Å². The van der Waals surface area contributed by atoms with E-state index < -0.39 is 17.6 Å². The largest absolute Gasteiger partial charge is 0.465 e. The molecule has 0 aromatic heterocycles. The third kappa shape index (κ3) is 1.99. The van der Waals surface area contributed by atoms with Crippen molar-refractivity contribution < 1.29 is 13.9 Å². The number of nitrogens with one attached hydrogen (secondary N) is 1. The highest BCUT2D eigenvalue weighted by atomic mass is 19.1. The number of carbonyl (C=O) groups is 1. The monoisotopic (exact) mass is 189 g/mol. The highest BCUT2D eigenvalue weighted by molar-refractivity contribution is 5.77. The normalized spacial score (nSPS) is 34.2. The second-order valence-corrected chi connectivity index (χ2v) is 3.56. The molecule has 0 saturated carbocycles. The lowest BCUT2D eigenvalue weighted by Gasteiger charge is -2.34. The smallest absolute Gasteiger partial charge is 0.314 e. The second-order valence-electron chi connectivity index (χ2n) is 3.56. The summed E-state index contributed by atoms with van der Waals surface area (Å²) in [5, 5.41) is 2.90. The fraction of sp³-hybridized carbons (Fsp3) is 0.889. The number of carbonyl (C=O) groups excluding carboxylic acids is 1. The average molecular weight is 189 g/mol. The molecular formula is C9H16FNO2. The van der Waals surface area contributed by atoms with Crippen LogP contribution in [-0.4, -0.2) is 31.8 Å². The van der Waals surface area contributed by atoms with Crippen LogP contribution < -0.4 is 5.32 Å². The fourth-order valence-corrected chi connectivity index (χ4v) is 1.48. The molecule has 1 fully saturated rings. The Hall–Kier alpha value is -0.640. The summed E-state index contributed by atoms with van der Waals surface area (Å²) in [5.41, 5.74) is -0.943. The predicted octanol–water partition coefficient (Wildman–Crippen LogP) is 0.887. The van der Waals surface area contributed by atoms with E-state index in [4.69, 9.17) is 4.74 Å². The maximum absolute atomic E-state index is 13.4. The summed E-state index contributed by atoms with van der Waals surface area (Å²) in [4.78, 5) is 11.4. The Morgan fingerprint density at radius 3 is 3.00 bits per heavy atom. The van der Waals surface area contributed by atoms with Crippen molar-refractivity contribution in [2.75, 3.05) is 19.7 Å². The molecule has 0 spiro atoms. The molecule has 0 amide bonds. The summed E-state index contributed by atoms with van der Waals surface area (Å²) in [7, 11) is 0. The molecule has 0 radical (unpaired) electrons. The molecule has 13 heavy (non-hydrogen) atoms. The lowest BCUT2D eigenvalue weighted by molar-refractivity contribution is -0.160. The summed E-state index contributed by atoms with van der Waals surface area (Å²) < 4.78 is 18.3. The van der Waals surface area contributed by atoms with E-state index in [9.17, 15) is 9.18 Å². The molecule has 0 aliphatic carbocycles. The number of esters is 1. The van der Waals surface area contributed by atoms with Crippen LogP contribution in [0.5, 0.6) is 0 Å². The van der Waals surface area contributed by atoms with Crippen LogP contribution in [0.25, 0.3) is 0 Å². The van der Waals surface area contributed by atoms with Crippen LogP contribution in [0, 0.1) is 5.41 Å². The molecule has 4 heteroatoms. The number of halogens is 1. The molecule has 1 aliphatic heterocycles. The van der Waals surface area contributed by atoms with Crippen LogP contribution in [-0.2, 0) is 9.53 Å². The third-order valence-corrected chi connectivity index (χ3v) is 2.58. The molecule has 1 unspecified atom stereocenters. The van der Waals surface area contributed by atoms with Crippen molar-refractivity contribution in [2.24, 2.45) is 5.41 Å². The SMILES string of the molecule is CCOC(=O)C1(C)CCNC[C@H]1F. The van der Waals surface area contributed by atoms with E-state index in [2.05, 4.69) is 5.32 Å². The summed E-state index contributed by atoms with van der Waals surface area (Å²) >= 11 is 0. The number of piperidine rings is 1. The lowest BCUT2D eigenvalue weighted by atomic mass is 9.79. The molecule has 0 aromatic rings. The Morgan fingerprint density at radius 2 is 2.46 bits per heavy atom. The van der Waals surface area contributed by atoms with E-state index in [-0.39, 0.29) is 6.54 Å². The van der Waals surface area contributed by atoms with E-state index in [1.807, 2.05) is 0 Å². The van der Waals surface area contributed by atoms with Crippen molar-refractivity contribution >= 4 is 5.97 Å². The molecule has 2 atom stereocenters. The zero-order chi connectivity index (χ0) is 9.90. The zero-order valence-electron chi connectivity index (χ0n) is 8.10. The first-order chi connectivity index (χ1) is 6.11. The summed E-state index contributed by atoms with van der Waals surface area (Å²) in [5.74, 6) is -0.413. The zero-order valence-corrected chi connectivity index (χ0v) is 8.10. The van der Waals surface area contributed by atoms with E-state index in [0.717, 1.165) is 0 Å². The molecule has 1 aliphatic rings. The molecule has 1 heterocycles. The van der Waals surface area contributed by atoms with Gasteiger partial charge in [-0.25, -0.2) is 4.39 Å². The molecule has 3 nitrogen and oxygen atoms in total. The first-order valence-corrected chi connectivity index (χ1v) is 4.63. The van der Waals surface area contributed by atoms with E-state index in [1.165, 1.54) is 0 Å². The molecule has 1 N–H and O–H groups in total. The minimum Gasteiger partial charge on any atom is -0.465 e. The highest BCUT2D eigenvalue weighted by Gasteiger charge is 2.44. The Labute approximate surface area is 77.6 Å². The van der Waals surface area contributed by atoms with Gasteiger partial charge in [-0.15, -0.1) is 0 Å². The first kappa shape index (κ1) is 10.4. The van der Waals surface area contributed by atoms with Gasteiger partial charge in [0, 0.05) is 6.54 Å². The van der Waals surface area contributed by atoms with Gasteiger partial charge in [-0.2, -0.15) is 0 Å². The van der Waals surface area contributed by atoms with Gasteiger partial charge in [-0.3, -0.25) is 4.79 Å².